The lowest BCUT2D eigenvalue weighted by atomic mass is 9.93. The summed E-state index contributed by atoms with van der Waals surface area (Å²) >= 11 is 0. The van der Waals surface area contributed by atoms with Gasteiger partial charge in [0.2, 0.25) is 0 Å². The molecule has 0 aromatic rings. The quantitative estimate of drug-likeness (QED) is 0.375. The maximum atomic E-state index is 3.79. The summed E-state index contributed by atoms with van der Waals surface area (Å²) in [6.07, 6.45) is 4.13. The van der Waals surface area contributed by atoms with Crippen molar-refractivity contribution in [3.8, 4) is 0 Å². The van der Waals surface area contributed by atoms with Gasteiger partial charge in [-0.25, -0.2) is 4.58 Å². The summed E-state index contributed by atoms with van der Waals surface area (Å²) in [6, 6.07) is 0.806. The van der Waals surface area contributed by atoms with Crippen LogP contribution in [0.25, 0.3) is 0 Å². The topological polar surface area (TPSA) is 3.01 Å². The maximum absolute atomic E-state index is 3.79. The highest BCUT2D eigenvalue weighted by molar-refractivity contribution is 5.14. The summed E-state index contributed by atoms with van der Waals surface area (Å²) in [6.45, 7) is 7.79. The molecule has 0 heterocycles. The third-order valence-corrected chi connectivity index (χ3v) is 1.70. The van der Waals surface area contributed by atoms with Gasteiger partial charge >= 0.3 is 0 Å². The van der Waals surface area contributed by atoms with Crippen molar-refractivity contribution in [2.45, 2.75) is 39.2 Å². The van der Waals surface area contributed by atoms with Gasteiger partial charge in [0.15, 0.2) is 6.04 Å². The molecular formula is C8H18N+. The van der Waals surface area contributed by atoms with Crippen LogP contribution in [0.1, 0.15) is 33.1 Å². The molecule has 1 heteroatoms. The van der Waals surface area contributed by atoms with Crippen molar-refractivity contribution in [1.29, 1.82) is 0 Å². The molecule has 9 heavy (non-hydrogen) atoms. The summed E-state index contributed by atoms with van der Waals surface area (Å²) < 4.78 is 2.06. The summed E-state index contributed by atoms with van der Waals surface area (Å²) in [5.74, 6) is 0. The van der Waals surface area contributed by atoms with Crippen molar-refractivity contribution in [3.05, 3.63) is 0 Å². The summed E-state index contributed by atoms with van der Waals surface area (Å²) in [7, 11) is 2.05. The van der Waals surface area contributed by atoms with Gasteiger partial charge in [-0.15, -0.1) is 0 Å². The summed E-state index contributed by atoms with van der Waals surface area (Å²) in [5, 5.41) is 0. The highest BCUT2D eigenvalue weighted by atomic mass is 15.0. The van der Waals surface area contributed by atoms with Gasteiger partial charge in [0, 0.05) is 12.8 Å². The van der Waals surface area contributed by atoms with Crippen molar-refractivity contribution < 1.29 is 4.58 Å². The fourth-order valence-corrected chi connectivity index (χ4v) is 0.827. The smallest absolute Gasteiger partial charge is 0.151 e. The average molecular weight is 128 g/mol. The molecule has 54 valence electrons. The Balaban J connectivity index is 0.000000291. The number of hydrogen-bond donors (Lipinski definition) is 0. The monoisotopic (exact) mass is 128 g/mol. The van der Waals surface area contributed by atoms with Crippen LogP contribution in [0, 0.1) is 0 Å². The van der Waals surface area contributed by atoms with Crippen molar-refractivity contribution in [2.24, 2.45) is 0 Å². The second-order valence-electron chi connectivity index (χ2n) is 2.34. The number of rotatable bonds is 1. The van der Waals surface area contributed by atoms with Gasteiger partial charge in [-0.3, -0.25) is 0 Å². The van der Waals surface area contributed by atoms with Crippen molar-refractivity contribution in [3.63, 3.8) is 0 Å². The molecule has 0 radical (unpaired) electrons. The van der Waals surface area contributed by atoms with E-state index in [0.29, 0.717) is 0 Å². The largest absolute Gasteiger partial charge is 0.242 e. The van der Waals surface area contributed by atoms with Gasteiger partial charge in [-0.1, -0.05) is 13.8 Å². The predicted molar refractivity (Wildman–Crippen MR) is 42.3 cm³/mol. The molecule has 0 unspecified atom stereocenters. The molecule has 0 N–H and O–H groups in total. The van der Waals surface area contributed by atoms with E-state index in [9.17, 15) is 0 Å². The molecule has 1 saturated carbocycles. The van der Waals surface area contributed by atoms with E-state index in [1.54, 1.807) is 0 Å². The first kappa shape index (κ1) is 8.67. The summed E-state index contributed by atoms with van der Waals surface area (Å²) in [4.78, 5) is 0. The first-order valence-corrected chi connectivity index (χ1v) is 3.84. The standard InChI is InChI=1S/C6H12N.C2H6/c1-7(2)6-4-3-5-6;1-2/h6H,1,3-5H2,2H3;1-2H3/q+1;. The molecule has 0 bridgehead atoms. The fraction of sp³-hybridized carbons (Fsp3) is 0.875. The Hall–Kier alpha value is -0.330. The molecule has 1 nitrogen and oxygen atoms in total. The third-order valence-electron chi connectivity index (χ3n) is 1.70. The highest BCUT2D eigenvalue weighted by Gasteiger charge is 2.23. The molecular weight excluding hydrogens is 110 g/mol. The van der Waals surface area contributed by atoms with Crippen LogP contribution in [-0.4, -0.2) is 24.4 Å². The molecule has 1 rings (SSSR count). The van der Waals surface area contributed by atoms with E-state index in [-0.39, 0.29) is 0 Å². The van der Waals surface area contributed by atoms with Crippen LogP contribution in [0.4, 0.5) is 0 Å². The van der Waals surface area contributed by atoms with Gasteiger partial charge in [0.25, 0.3) is 0 Å². The number of hydrogen-bond acceptors (Lipinski definition) is 0. The zero-order valence-corrected chi connectivity index (χ0v) is 6.85. The normalized spacial score (nSPS) is 17.2. The van der Waals surface area contributed by atoms with Crippen LogP contribution >= 0.6 is 0 Å². The third kappa shape index (κ3) is 2.64. The summed E-state index contributed by atoms with van der Waals surface area (Å²) in [5.41, 5.74) is 0. The Morgan fingerprint density at radius 1 is 1.33 bits per heavy atom. The predicted octanol–water partition coefficient (Wildman–Crippen LogP) is 1.91. The molecule has 0 atom stereocenters. The lowest BCUT2D eigenvalue weighted by Crippen LogP contribution is -2.28. The minimum atomic E-state index is 0.806. The average Bonchev–Trinajstić information content (AvgIpc) is 1.65. The van der Waals surface area contributed by atoms with Crippen LogP contribution in [0.3, 0.4) is 0 Å². The van der Waals surface area contributed by atoms with Gasteiger partial charge in [0.1, 0.15) is 13.8 Å². The first-order chi connectivity index (χ1) is 4.30. The van der Waals surface area contributed by atoms with Crippen LogP contribution in [0.5, 0.6) is 0 Å². The molecule has 0 spiro atoms. The molecule has 0 aromatic carbocycles. The Morgan fingerprint density at radius 3 is 1.78 bits per heavy atom. The number of nitrogens with zero attached hydrogens (tertiary/aromatic N) is 1. The minimum Gasteiger partial charge on any atom is -0.242 e. The van der Waals surface area contributed by atoms with Crippen molar-refractivity contribution in [2.75, 3.05) is 7.05 Å². The van der Waals surface area contributed by atoms with Crippen LogP contribution in [-0.2, 0) is 0 Å². The van der Waals surface area contributed by atoms with E-state index in [1.165, 1.54) is 19.3 Å². The molecule has 0 saturated heterocycles. The fourth-order valence-electron chi connectivity index (χ4n) is 0.827. The molecule has 1 aliphatic rings. The second-order valence-corrected chi connectivity index (χ2v) is 2.34. The Bertz CT molecular complexity index is 82.6. The molecule has 0 aliphatic heterocycles. The van der Waals surface area contributed by atoms with Gasteiger partial charge in [0.05, 0.1) is 0 Å². The zero-order valence-electron chi connectivity index (χ0n) is 6.85. The molecule has 1 aliphatic carbocycles. The second kappa shape index (κ2) is 4.54. The van der Waals surface area contributed by atoms with Gasteiger partial charge in [-0.05, 0) is 6.42 Å². The van der Waals surface area contributed by atoms with E-state index in [1.807, 2.05) is 20.9 Å². The van der Waals surface area contributed by atoms with E-state index < -0.39 is 0 Å². The maximum Gasteiger partial charge on any atom is 0.151 e. The highest BCUT2D eigenvalue weighted by Crippen LogP contribution is 2.19. The Labute approximate surface area is 58.4 Å². The van der Waals surface area contributed by atoms with Gasteiger partial charge in [-0.2, -0.15) is 0 Å². The van der Waals surface area contributed by atoms with E-state index >= 15 is 0 Å². The van der Waals surface area contributed by atoms with Crippen LogP contribution < -0.4 is 0 Å². The molecule has 1 fully saturated rings. The molecule has 0 amide bonds. The zero-order chi connectivity index (χ0) is 7.28. The minimum absolute atomic E-state index is 0.806. The van der Waals surface area contributed by atoms with Gasteiger partial charge < -0.3 is 0 Å². The van der Waals surface area contributed by atoms with Crippen molar-refractivity contribution >= 4 is 6.72 Å². The van der Waals surface area contributed by atoms with E-state index in [2.05, 4.69) is 11.3 Å². The lowest BCUT2D eigenvalue weighted by molar-refractivity contribution is -0.543. The SMILES string of the molecule is C=[N+](C)C1CCC1.CC. The van der Waals surface area contributed by atoms with Crippen LogP contribution in [0.15, 0.2) is 0 Å². The Morgan fingerprint density at radius 2 is 1.78 bits per heavy atom. The van der Waals surface area contributed by atoms with E-state index in [4.69, 9.17) is 0 Å². The first-order valence-electron chi connectivity index (χ1n) is 3.84. The Kier molecular flexibility index (Phi) is 4.37. The lowest BCUT2D eigenvalue weighted by Gasteiger charge is -2.19. The van der Waals surface area contributed by atoms with E-state index in [0.717, 1.165) is 6.04 Å². The molecule has 0 aromatic heterocycles. The van der Waals surface area contributed by atoms with Crippen molar-refractivity contribution in [1.82, 2.24) is 0 Å². The van der Waals surface area contributed by atoms with Crippen LogP contribution in [0.2, 0.25) is 0 Å².